The van der Waals surface area contributed by atoms with Gasteiger partial charge in [0, 0.05) is 25.2 Å². The van der Waals surface area contributed by atoms with Crippen molar-refractivity contribution in [3.8, 4) is 0 Å². The molecule has 0 heterocycles. The molecule has 0 aliphatic heterocycles. The fourth-order valence-electron chi connectivity index (χ4n) is 3.11. The average Bonchev–Trinajstić information content (AvgIpc) is 2.48. The summed E-state index contributed by atoms with van der Waals surface area (Å²) in [6.07, 6.45) is 4.06. The van der Waals surface area contributed by atoms with Gasteiger partial charge in [0.25, 0.3) is 5.69 Å². The first-order chi connectivity index (χ1) is 9.95. The number of halogens is 2. The second-order valence-electron chi connectivity index (χ2n) is 5.47. The van der Waals surface area contributed by atoms with Gasteiger partial charge in [-0.2, -0.15) is 0 Å². The van der Waals surface area contributed by atoms with Crippen LogP contribution >= 0.6 is 11.6 Å². The summed E-state index contributed by atoms with van der Waals surface area (Å²) < 4.78 is 13.7. The molecule has 1 aromatic rings. The molecule has 2 atom stereocenters. The zero-order valence-corrected chi connectivity index (χ0v) is 12.6. The first kappa shape index (κ1) is 16.0. The topological polar surface area (TPSA) is 72.4 Å². The molecule has 0 aromatic heterocycles. The third-order valence-electron chi connectivity index (χ3n) is 4.26. The van der Waals surface area contributed by atoms with Crippen LogP contribution in [0.25, 0.3) is 0 Å². The van der Waals surface area contributed by atoms with Crippen molar-refractivity contribution in [2.75, 3.05) is 18.5 Å². The van der Waals surface area contributed by atoms with Gasteiger partial charge in [-0.05, 0) is 25.3 Å². The molecule has 2 unspecified atom stereocenters. The van der Waals surface area contributed by atoms with Crippen molar-refractivity contribution >= 4 is 23.0 Å². The lowest BCUT2D eigenvalue weighted by molar-refractivity contribution is -0.384. The molecule has 0 radical (unpaired) electrons. The van der Waals surface area contributed by atoms with Crippen molar-refractivity contribution in [3.63, 3.8) is 0 Å². The van der Waals surface area contributed by atoms with E-state index in [0.29, 0.717) is 6.54 Å². The molecule has 2 N–H and O–H groups in total. The zero-order valence-electron chi connectivity index (χ0n) is 11.9. The monoisotopic (exact) mass is 315 g/mol. The summed E-state index contributed by atoms with van der Waals surface area (Å²) >= 11 is 5.66. The van der Waals surface area contributed by atoms with Crippen molar-refractivity contribution in [1.29, 1.82) is 0 Å². The maximum Gasteiger partial charge on any atom is 0.294 e. The number of anilines is 1. The number of nitrogens with two attached hydrogens (primary N) is 1. The summed E-state index contributed by atoms with van der Waals surface area (Å²) in [5.41, 5.74) is 5.89. The molecule has 2 rings (SSSR count). The van der Waals surface area contributed by atoms with E-state index in [2.05, 4.69) is 0 Å². The van der Waals surface area contributed by atoms with E-state index in [4.69, 9.17) is 17.3 Å². The summed E-state index contributed by atoms with van der Waals surface area (Å²) in [6.45, 7) is 0.527. The zero-order chi connectivity index (χ0) is 15.6. The van der Waals surface area contributed by atoms with Crippen LogP contribution in [-0.2, 0) is 0 Å². The summed E-state index contributed by atoms with van der Waals surface area (Å²) in [5, 5.41) is 11.0. The van der Waals surface area contributed by atoms with E-state index in [0.717, 1.165) is 37.8 Å². The van der Waals surface area contributed by atoms with Gasteiger partial charge in [-0.25, -0.2) is 4.39 Å². The Balaban J connectivity index is 2.39. The first-order valence-corrected chi connectivity index (χ1v) is 7.39. The van der Waals surface area contributed by atoms with E-state index in [-0.39, 0.29) is 28.4 Å². The Morgan fingerprint density at radius 3 is 2.76 bits per heavy atom. The highest BCUT2D eigenvalue weighted by Crippen LogP contribution is 2.37. The van der Waals surface area contributed by atoms with Gasteiger partial charge in [-0.3, -0.25) is 10.1 Å². The molecule has 0 spiro atoms. The molecule has 0 saturated heterocycles. The van der Waals surface area contributed by atoms with E-state index in [1.807, 2.05) is 0 Å². The fraction of sp³-hybridized carbons (Fsp3) is 0.571. The van der Waals surface area contributed by atoms with E-state index in [9.17, 15) is 14.5 Å². The predicted molar refractivity (Wildman–Crippen MR) is 81.3 cm³/mol. The third-order valence-corrected chi connectivity index (χ3v) is 4.55. The molecule has 21 heavy (non-hydrogen) atoms. The molecule has 1 saturated carbocycles. The summed E-state index contributed by atoms with van der Waals surface area (Å²) in [6, 6.07) is 2.30. The third kappa shape index (κ3) is 3.27. The van der Waals surface area contributed by atoms with Crippen LogP contribution in [0.2, 0.25) is 5.02 Å². The van der Waals surface area contributed by atoms with E-state index in [1.165, 1.54) is 0 Å². The first-order valence-electron chi connectivity index (χ1n) is 7.02. The number of rotatable bonds is 4. The molecule has 1 fully saturated rings. The lowest BCUT2D eigenvalue weighted by Gasteiger charge is -2.38. The molecule has 116 valence electrons. The number of nitro benzene ring substituents is 1. The van der Waals surface area contributed by atoms with Crippen LogP contribution in [0.1, 0.15) is 25.7 Å². The largest absolute Gasteiger partial charge is 0.366 e. The van der Waals surface area contributed by atoms with Gasteiger partial charge < -0.3 is 10.6 Å². The van der Waals surface area contributed by atoms with Gasteiger partial charge in [-0.15, -0.1) is 0 Å². The molecule has 0 bridgehead atoms. The highest BCUT2D eigenvalue weighted by molar-refractivity contribution is 6.31. The van der Waals surface area contributed by atoms with Gasteiger partial charge in [0.15, 0.2) is 0 Å². The molecular weight excluding hydrogens is 297 g/mol. The van der Waals surface area contributed by atoms with Crippen molar-refractivity contribution in [2.24, 2.45) is 11.7 Å². The van der Waals surface area contributed by atoms with E-state index < -0.39 is 10.7 Å². The predicted octanol–water partition coefficient (Wildman–Crippen LogP) is 3.34. The van der Waals surface area contributed by atoms with Crippen LogP contribution in [0, 0.1) is 21.8 Å². The Bertz CT molecular complexity index is 541. The molecular formula is C14H19ClFN3O2. The molecule has 1 aliphatic rings. The van der Waals surface area contributed by atoms with Crippen LogP contribution in [0.4, 0.5) is 15.8 Å². The minimum Gasteiger partial charge on any atom is -0.366 e. The van der Waals surface area contributed by atoms with E-state index in [1.54, 1.807) is 11.9 Å². The standard InChI is InChI=1S/C14H19ClFN3O2/c1-18(12-5-3-2-4-9(12)8-17)13-7-11(16)10(15)6-14(13)19(20)21/h6-7,9,12H,2-5,8,17H2,1H3. The Hall–Kier alpha value is -1.40. The normalized spacial score (nSPS) is 22.1. The van der Waals surface area contributed by atoms with E-state index >= 15 is 0 Å². The molecule has 5 nitrogen and oxygen atoms in total. The average molecular weight is 316 g/mol. The van der Waals surface area contributed by atoms with Gasteiger partial charge in [0.1, 0.15) is 11.5 Å². The second kappa shape index (κ2) is 6.58. The Morgan fingerprint density at radius 2 is 2.14 bits per heavy atom. The lowest BCUT2D eigenvalue weighted by Crippen LogP contribution is -2.43. The quantitative estimate of drug-likeness (QED) is 0.683. The maximum atomic E-state index is 13.7. The number of nitrogens with zero attached hydrogens (tertiary/aromatic N) is 2. The number of benzene rings is 1. The second-order valence-corrected chi connectivity index (χ2v) is 5.88. The lowest BCUT2D eigenvalue weighted by atomic mass is 9.83. The van der Waals surface area contributed by atoms with Crippen LogP contribution in [0.15, 0.2) is 12.1 Å². The van der Waals surface area contributed by atoms with Crippen molar-refractivity contribution in [3.05, 3.63) is 33.1 Å². The molecule has 1 aromatic carbocycles. The van der Waals surface area contributed by atoms with Gasteiger partial charge in [0.2, 0.25) is 0 Å². The number of hydrogen-bond acceptors (Lipinski definition) is 4. The molecule has 0 amide bonds. The molecule has 7 heteroatoms. The molecule has 1 aliphatic carbocycles. The van der Waals surface area contributed by atoms with Crippen LogP contribution < -0.4 is 10.6 Å². The minimum atomic E-state index is -0.649. The van der Waals surface area contributed by atoms with Gasteiger partial charge in [-0.1, -0.05) is 24.4 Å². The fourth-order valence-corrected chi connectivity index (χ4v) is 3.26. The van der Waals surface area contributed by atoms with Crippen molar-refractivity contribution in [1.82, 2.24) is 0 Å². The number of nitro groups is 1. The maximum absolute atomic E-state index is 13.7. The van der Waals surface area contributed by atoms with Crippen LogP contribution in [-0.4, -0.2) is 24.6 Å². The Morgan fingerprint density at radius 1 is 1.48 bits per heavy atom. The van der Waals surface area contributed by atoms with Crippen LogP contribution in [0.5, 0.6) is 0 Å². The minimum absolute atomic E-state index is 0.0861. The SMILES string of the molecule is CN(c1cc(F)c(Cl)cc1[N+](=O)[O-])C1CCCCC1CN. The Labute approximate surface area is 128 Å². The highest BCUT2D eigenvalue weighted by Gasteiger charge is 2.31. The van der Waals surface area contributed by atoms with Gasteiger partial charge in [0.05, 0.1) is 9.95 Å². The summed E-state index contributed by atoms with van der Waals surface area (Å²) in [7, 11) is 1.76. The summed E-state index contributed by atoms with van der Waals surface area (Å²) in [5.74, 6) is -0.383. The highest BCUT2D eigenvalue weighted by atomic mass is 35.5. The number of hydrogen-bond donors (Lipinski definition) is 1. The van der Waals surface area contributed by atoms with Crippen molar-refractivity contribution < 1.29 is 9.31 Å². The van der Waals surface area contributed by atoms with Crippen molar-refractivity contribution in [2.45, 2.75) is 31.7 Å². The van der Waals surface area contributed by atoms with Gasteiger partial charge >= 0.3 is 0 Å². The summed E-state index contributed by atoms with van der Waals surface area (Å²) in [4.78, 5) is 12.5. The smallest absolute Gasteiger partial charge is 0.294 e. The van der Waals surface area contributed by atoms with Crippen LogP contribution in [0.3, 0.4) is 0 Å². The Kier molecular flexibility index (Phi) is 5.00.